The number of nitrogens with two attached hydrogens (primary N) is 2. The average Bonchev–Trinajstić information content (AvgIpc) is 2.64. The van der Waals surface area contributed by atoms with E-state index in [0.29, 0.717) is 10.9 Å². The molecule has 0 spiro atoms. The van der Waals surface area contributed by atoms with E-state index in [1.807, 2.05) is 6.07 Å². The van der Waals surface area contributed by atoms with Gasteiger partial charge >= 0.3 is 0 Å². The summed E-state index contributed by atoms with van der Waals surface area (Å²) >= 11 is 2.97. The van der Waals surface area contributed by atoms with Crippen molar-refractivity contribution >= 4 is 34.0 Å². The minimum Gasteiger partial charge on any atom is -0.384 e. The fraction of sp³-hybridized carbons (Fsp3) is 0.125. The summed E-state index contributed by atoms with van der Waals surface area (Å²) in [5.41, 5.74) is 12.1. The highest BCUT2D eigenvalue weighted by atomic mass is 32.2. The van der Waals surface area contributed by atoms with Gasteiger partial charge in [0.25, 0.3) is 0 Å². The lowest BCUT2D eigenvalue weighted by Gasteiger charge is -1.98. The van der Waals surface area contributed by atoms with Crippen LogP contribution in [0.1, 0.15) is 5.56 Å². The molecular formula is C8H9N5S2. The van der Waals surface area contributed by atoms with E-state index < -0.39 is 0 Å². The molecule has 0 aliphatic heterocycles. The van der Waals surface area contributed by atoms with Crippen molar-refractivity contribution in [1.82, 2.24) is 15.2 Å². The number of rotatable bonds is 3. The number of thioether (sulfide) groups is 1. The highest BCUT2D eigenvalue weighted by Crippen LogP contribution is 2.26. The van der Waals surface area contributed by atoms with E-state index in [4.69, 9.17) is 11.5 Å². The zero-order valence-electron chi connectivity index (χ0n) is 7.75. The minimum absolute atomic E-state index is 0.493. The third-order valence-electron chi connectivity index (χ3n) is 1.63. The molecule has 0 radical (unpaired) electrons. The van der Waals surface area contributed by atoms with Crippen LogP contribution in [0.4, 0.5) is 10.9 Å². The van der Waals surface area contributed by atoms with Gasteiger partial charge in [0.05, 0.1) is 0 Å². The Morgan fingerprint density at radius 2 is 2.13 bits per heavy atom. The molecule has 0 aliphatic carbocycles. The van der Waals surface area contributed by atoms with Crippen LogP contribution in [0.15, 0.2) is 22.7 Å². The number of pyridine rings is 1. The summed E-state index contributed by atoms with van der Waals surface area (Å²) in [7, 11) is 0. The van der Waals surface area contributed by atoms with Crippen LogP contribution in [0, 0.1) is 0 Å². The van der Waals surface area contributed by atoms with Crippen molar-refractivity contribution in [2.45, 2.75) is 10.1 Å². The molecule has 78 valence electrons. The lowest BCUT2D eigenvalue weighted by Crippen LogP contribution is -1.90. The summed E-state index contributed by atoms with van der Waals surface area (Å²) in [5, 5.41) is 8.14. The van der Waals surface area contributed by atoms with Crippen molar-refractivity contribution in [2.24, 2.45) is 0 Å². The van der Waals surface area contributed by atoms with Crippen LogP contribution in [-0.4, -0.2) is 15.2 Å². The van der Waals surface area contributed by atoms with Crippen molar-refractivity contribution in [1.29, 1.82) is 0 Å². The number of hydrogen-bond donors (Lipinski definition) is 2. The van der Waals surface area contributed by atoms with Gasteiger partial charge in [0.15, 0.2) is 4.34 Å². The number of anilines is 2. The van der Waals surface area contributed by atoms with Crippen LogP contribution in [0.5, 0.6) is 0 Å². The lowest BCUT2D eigenvalue weighted by molar-refractivity contribution is 1.02. The topological polar surface area (TPSA) is 90.7 Å². The number of hydrogen-bond acceptors (Lipinski definition) is 7. The van der Waals surface area contributed by atoms with E-state index in [-0.39, 0.29) is 0 Å². The molecule has 0 aliphatic rings. The first-order valence-corrected chi connectivity index (χ1v) is 5.96. The largest absolute Gasteiger partial charge is 0.384 e. The van der Waals surface area contributed by atoms with Crippen LogP contribution in [-0.2, 0) is 5.75 Å². The SMILES string of the molecule is Nc1ccc(CSc2nnc(N)s2)cn1. The smallest absolute Gasteiger partial charge is 0.203 e. The second-order valence-electron chi connectivity index (χ2n) is 2.79. The van der Waals surface area contributed by atoms with Crippen molar-refractivity contribution < 1.29 is 0 Å². The van der Waals surface area contributed by atoms with Crippen molar-refractivity contribution in [2.75, 3.05) is 11.5 Å². The highest BCUT2D eigenvalue weighted by Gasteiger charge is 2.02. The monoisotopic (exact) mass is 239 g/mol. The Hall–Kier alpha value is -1.34. The van der Waals surface area contributed by atoms with Crippen molar-refractivity contribution in [3.63, 3.8) is 0 Å². The average molecular weight is 239 g/mol. The molecule has 2 rings (SSSR count). The van der Waals surface area contributed by atoms with E-state index in [2.05, 4.69) is 15.2 Å². The first-order chi connectivity index (χ1) is 7.24. The Balaban J connectivity index is 1.96. The Kier molecular flexibility index (Phi) is 3.02. The Morgan fingerprint density at radius 3 is 2.73 bits per heavy atom. The first-order valence-electron chi connectivity index (χ1n) is 4.16. The summed E-state index contributed by atoms with van der Waals surface area (Å²) in [4.78, 5) is 4.00. The Labute approximate surface area is 94.9 Å². The van der Waals surface area contributed by atoms with E-state index >= 15 is 0 Å². The van der Waals surface area contributed by atoms with E-state index in [1.165, 1.54) is 11.3 Å². The molecular weight excluding hydrogens is 230 g/mol. The zero-order valence-corrected chi connectivity index (χ0v) is 9.38. The maximum absolute atomic E-state index is 5.48. The van der Waals surface area contributed by atoms with Crippen LogP contribution in [0.3, 0.4) is 0 Å². The predicted octanol–water partition coefficient (Wildman–Crippen LogP) is 1.39. The van der Waals surface area contributed by atoms with Gasteiger partial charge in [-0.15, -0.1) is 10.2 Å². The molecule has 0 fully saturated rings. The fourth-order valence-electron chi connectivity index (χ4n) is 0.945. The molecule has 4 N–H and O–H groups in total. The van der Waals surface area contributed by atoms with Gasteiger partial charge in [-0.2, -0.15) is 0 Å². The highest BCUT2D eigenvalue weighted by molar-refractivity contribution is 8.00. The van der Waals surface area contributed by atoms with Gasteiger partial charge in [0, 0.05) is 11.9 Å². The van der Waals surface area contributed by atoms with Gasteiger partial charge in [-0.1, -0.05) is 29.2 Å². The van der Waals surface area contributed by atoms with Crippen molar-refractivity contribution in [3.05, 3.63) is 23.9 Å². The Morgan fingerprint density at radius 1 is 1.27 bits per heavy atom. The molecule has 0 saturated heterocycles. The molecule has 0 saturated carbocycles. The number of nitrogen functional groups attached to an aromatic ring is 2. The first kappa shape index (κ1) is 10.2. The van der Waals surface area contributed by atoms with E-state index in [1.54, 1.807) is 24.0 Å². The van der Waals surface area contributed by atoms with Gasteiger partial charge in [0.2, 0.25) is 5.13 Å². The van der Waals surface area contributed by atoms with Crippen LogP contribution >= 0.6 is 23.1 Å². The zero-order chi connectivity index (χ0) is 10.7. The number of aromatic nitrogens is 3. The van der Waals surface area contributed by atoms with E-state index in [0.717, 1.165) is 15.7 Å². The second kappa shape index (κ2) is 4.45. The van der Waals surface area contributed by atoms with Crippen molar-refractivity contribution in [3.8, 4) is 0 Å². The molecule has 7 heteroatoms. The maximum Gasteiger partial charge on any atom is 0.203 e. The summed E-state index contributed by atoms with van der Waals surface area (Å²) < 4.78 is 0.865. The second-order valence-corrected chi connectivity index (χ2v) is 5.02. The lowest BCUT2D eigenvalue weighted by atomic mass is 10.3. The maximum atomic E-state index is 5.48. The van der Waals surface area contributed by atoms with Crippen LogP contribution < -0.4 is 11.5 Å². The van der Waals surface area contributed by atoms with Gasteiger partial charge in [0.1, 0.15) is 5.82 Å². The molecule has 0 aromatic carbocycles. The standard InChI is InChI=1S/C8H9N5S2/c9-6-2-1-5(3-11-6)4-14-8-13-12-7(10)15-8/h1-3H,4H2,(H2,9,11)(H2,10,12). The summed E-state index contributed by atoms with van der Waals surface area (Å²) in [5.74, 6) is 1.32. The molecule has 0 unspecified atom stereocenters. The predicted molar refractivity (Wildman–Crippen MR) is 62.5 cm³/mol. The normalized spacial score (nSPS) is 10.4. The molecule has 2 heterocycles. The van der Waals surface area contributed by atoms with Gasteiger partial charge in [-0.05, 0) is 11.6 Å². The van der Waals surface area contributed by atoms with Crippen LogP contribution in [0.25, 0.3) is 0 Å². The molecule has 2 aromatic heterocycles. The third-order valence-corrected chi connectivity index (χ3v) is 3.59. The molecule has 0 amide bonds. The summed E-state index contributed by atoms with van der Waals surface area (Å²) in [6, 6.07) is 3.73. The van der Waals surface area contributed by atoms with Gasteiger partial charge in [-0.25, -0.2) is 4.98 Å². The minimum atomic E-state index is 0.493. The summed E-state index contributed by atoms with van der Waals surface area (Å²) in [6.45, 7) is 0. The van der Waals surface area contributed by atoms with Gasteiger partial charge < -0.3 is 11.5 Å². The summed E-state index contributed by atoms with van der Waals surface area (Å²) in [6.07, 6.45) is 1.76. The van der Waals surface area contributed by atoms with Crippen LogP contribution in [0.2, 0.25) is 0 Å². The number of nitrogens with zero attached hydrogens (tertiary/aromatic N) is 3. The quantitative estimate of drug-likeness (QED) is 0.786. The fourth-order valence-corrected chi connectivity index (χ4v) is 2.52. The van der Waals surface area contributed by atoms with Gasteiger partial charge in [-0.3, -0.25) is 0 Å². The molecule has 0 bridgehead atoms. The molecule has 5 nitrogen and oxygen atoms in total. The third kappa shape index (κ3) is 2.80. The molecule has 15 heavy (non-hydrogen) atoms. The molecule has 2 aromatic rings. The Bertz CT molecular complexity index is 439. The van der Waals surface area contributed by atoms with E-state index in [9.17, 15) is 0 Å². The molecule has 0 atom stereocenters.